The van der Waals surface area contributed by atoms with Crippen LogP contribution in [0.1, 0.15) is 16.5 Å². The van der Waals surface area contributed by atoms with E-state index in [2.05, 4.69) is 15.9 Å². The Bertz CT molecular complexity index is 501. The lowest BCUT2D eigenvalue weighted by molar-refractivity contribution is 0.462. The normalized spacial score (nSPS) is 12.7. The standard InChI is InChI=1S/C11H9BrClNOS/c12-9-7(13)4-3-6(11(9)15)10(14)8-2-1-5-16-8/h1-5,10,15H,14H2/t10-/m0/s1. The van der Waals surface area contributed by atoms with Crippen molar-refractivity contribution in [3.8, 4) is 5.75 Å². The third kappa shape index (κ3) is 2.11. The van der Waals surface area contributed by atoms with Gasteiger partial charge >= 0.3 is 0 Å². The minimum Gasteiger partial charge on any atom is -0.506 e. The predicted octanol–water partition coefficient (Wildman–Crippen LogP) is 3.92. The number of benzene rings is 1. The molecule has 2 rings (SSSR count). The van der Waals surface area contributed by atoms with Crippen molar-refractivity contribution in [2.75, 3.05) is 0 Å². The first-order valence-corrected chi connectivity index (χ1v) is 6.62. The highest BCUT2D eigenvalue weighted by molar-refractivity contribution is 9.10. The molecule has 0 radical (unpaired) electrons. The van der Waals surface area contributed by atoms with Crippen LogP contribution in [0.15, 0.2) is 34.1 Å². The maximum Gasteiger partial charge on any atom is 0.136 e. The summed E-state index contributed by atoms with van der Waals surface area (Å²) >= 11 is 10.7. The fourth-order valence-corrected chi connectivity index (χ4v) is 2.69. The van der Waals surface area contributed by atoms with Crippen LogP contribution >= 0.6 is 38.9 Å². The molecule has 84 valence electrons. The van der Waals surface area contributed by atoms with Gasteiger partial charge in [-0.3, -0.25) is 0 Å². The van der Waals surface area contributed by atoms with Gasteiger partial charge in [-0.2, -0.15) is 0 Å². The molecule has 0 unspecified atom stereocenters. The third-order valence-electron chi connectivity index (χ3n) is 2.29. The fourth-order valence-electron chi connectivity index (χ4n) is 1.43. The van der Waals surface area contributed by atoms with Gasteiger partial charge in [-0.05, 0) is 33.4 Å². The molecule has 0 amide bonds. The summed E-state index contributed by atoms with van der Waals surface area (Å²) < 4.78 is 0.485. The van der Waals surface area contributed by atoms with E-state index in [0.717, 1.165) is 4.88 Å². The van der Waals surface area contributed by atoms with Gasteiger partial charge < -0.3 is 10.8 Å². The van der Waals surface area contributed by atoms with Crippen LogP contribution in [0.25, 0.3) is 0 Å². The molecule has 1 atom stereocenters. The van der Waals surface area contributed by atoms with Crippen LogP contribution in [0, 0.1) is 0 Å². The molecule has 0 saturated carbocycles. The van der Waals surface area contributed by atoms with E-state index < -0.39 is 0 Å². The predicted molar refractivity (Wildman–Crippen MR) is 71.2 cm³/mol. The van der Waals surface area contributed by atoms with Gasteiger partial charge in [0, 0.05) is 10.4 Å². The molecule has 0 aliphatic rings. The molecule has 1 aromatic carbocycles. The van der Waals surface area contributed by atoms with Gasteiger partial charge in [0.1, 0.15) is 5.75 Å². The van der Waals surface area contributed by atoms with E-state index in [1.54, 1.807) is 23.5 Å². The number of hydrogen-bond acceptors (Lipinski definition) is 3. The van der Waals surface area contributed by atoms with Gasteiger partial charge in [0.2, 0.25) is 0 Å². The van der Waals surface area contributed by atoms with Crippen molar-refractivity contribution in [2.45, 2.75) is 6.04 Å². The number of halogens is 2. The van der Waals surface area contributed by atoms with Crippen LogP contribution in [-0.2, 0) is 0 Å². The summed E-state index contributed by atoms with van der Waals surface area (Å²) in [5.41, 5.74) is 6.73. The SMILES string of the molecule is N[C@H](c1cccs1)c1ccc(Cl)c(Br)c1O. The molecular formula is C11H9BrClNOS. The molecule has 1 aromatic heterocycles. The fraction of sp³-hybridized carbons (Fsp3) is 0.0909. The van der Waals surface area contributed by atoms with Crippen LogP contribution in [-0.4, -0.2) is 5.11 Å². The Labute approximate surface area is 111 Å². The van der Waals surface area contributed by atoms with Crippen molar-refractivity contribution < 1.29 is 5.11 Å². The second-order valence-corrected chi connectivity index (χ2v) is 5.47. The van der Waals surface area contributed by atoms with Crippen molar-refractivity contribution in [1.82, 2.24) is 0 Å². The molecule has 0 aliphatic carbocycles. The smallest absolute Gasteiger partial charge is 0.136 e. The lowest BCUT2D eigenvalue weighted by Gasteiger charge is -2.13. The molecule has 2 nitrogen and oxygen atoms in total. The van der Waals surface area contributed by atoms with Gasteiger partial charge in [0.15, 0.2) is 0 Å². The number of aromatic hydroxyl groups is 1. The monoisotopic (exact) mass is 317 g/mol. The number of nitrogens with two attached hydrogens (primary N) is 1. The van der Waals surface area contributed by atoms with Gasteiger partial charge in [-0.25, -0.2) is 0 Å². The molecule has 0 saturated heterocycles. The zero-order chi connectivity index (χ0) is 11.7. The van der Waals surface area contributed by atoms with Crippen molar-refractivity contribution in [3.63, 3.8) is 0 Å². The summed E-state index contributed by atoms with van der Waals surface area (Å²) in [5.74, 6) is 0.105. The molecule has 0 spiro atoms. The quantitative estimate of drug-likeness (QED) is 0.881. The topological polar surface area (TPSA) is 46.2 Å². The van der Waals surface area contributed by atoms with Gasteiger partial charge in [0.25, 0.3) is 0 Å². The van der Waals surface area contributed by atoms with Crippen LogP contribution in [0.4, 0.5) is 0 Å². The molecule has 0 aliphatic heterocycles. The highest BCUT2D eigenvalue weighted by Gasteiger charge is 2.17. The van der Waals surface area contributed by atoms with Crippen LogP contribution in [0.5, 0.6) is 5.75 Å². The van der Waals surface area contributed by atoms with E-state index >= 15 is 0 Å². The van der Waals surface area contributed by atoms with E-state index in [9.17, 15) is 5.11 Å². The Balaban J connectivity index is 2.45. The maximum absolute atomic E-state index is 9.94. The van der Waals surface area contributed by atoms with Crippen LogP contribution in [0.2, 0.25) is 5.02 Å². The summed E-state index contributed by atoms with van der Waals surface area (Å²) in [4.78, 5) is 1.00. The molecular weight excluding hydrogens is 310 g/mol. The second kappa shape index (κ2) is 4.75. The summed E-state index contributed by atoms with van der Waals surface area (Å²) in [5, 5.41) is 12.4. The summed E-state index contributed by atoms with van der Waals surface area (Å²) in [7, 11) is 0. The zero-order valence-corrected chi connectivity index (χ0v) is 11.3. The van der Waals surface area contributed by atoms with Crippen molar-refractivity contribution in [3.05, 3.63) is 49.6 Å². The van der Waals surface area contributed by atoms with E-state index in [4.69, 9.17) is 17.3 Å². The van der Waals surface area contributed by atoms with Crippen LogP contribution in [0.3, 0.4) is 0 Å². The lowest BCUT2D eigenvalue weighted by Crippen LogP contribution is -2.10. The summed E-state index contributed by atoms with van der Waals surface area (Å²) in [6.45, 7) is 0. The first kappa shape index (κ1) is 11.9. The van der Waals surface area contributed by atoms with Crippen molar-refractivity contribution >= 4 is 38.9 Å². The van der Waals surface area contributed by atoms with Crippen molar-refractivity contribution in [2.24, 2.45) is 5.73 Å². The Morgan fingerprint density at radius 1 is 1.38 bits per heavy atom. The van der Waals surface area contributed by atoms with E-state index in [1.165, 1.54) is 0 Å². The largest absolute Gasteiger partial charge is 0.506 e. The number of rotatable bonds is 2. The number of phenols is 1. The highest BCUT2D eigenvalue weighted by atomic mass is 79.9. The van der Waals surface area contributed by atoms with Crippen molar-refractivity contribution in [1.29, 1.82) is 0 Å². The Morgan fingerprint density at radius 3 is 2.75 bits per heavy atom. The Hall–Kier alpha value is -0.550. The first-order valence-electron chi connectivity index (χ1n) is 4.57. The van der Waals surface area contributed by atoms with Crippen LogP contribution < -0.4 is 5.73 Å². The molecule has 0 bridgehead atoms. The second-order valence-electron chi connectivity index (χ2n) is 3.29. The lowest BCUT2D eigenvalue weighted by atomic mass is 10.1. The minimum atomic E-state index is -0.325. The summed E-state index contributed by atoms with van der Waals surface area (Å²) in [6.07, 6.45) is 0. The molecule has 16 heavy (non-hydrogen) atoms. The number of hydrogen-bond donors (Lipinski definition) is 2. The number of thiophene rings is 1. The van der Waals surface area contributed by atoms with E-state index in [1.807, 2.05) is 17.5 Å². The van der Waals surface area contributed by atoms with Gasteiger partial charge in [-0.1, -0.05) is 23.7 Å². The average Bonchev–Trinajstić information content (AvgIpc) is 2.79. The molecule has 2 aromatic rings. The Kier molecular flexibility index (Phi) is 3.54. The number of phenolic OH excluding ortho intramolecular Hbond substituents is 1. The summed E-state index contributed by atoms with van der Waals surface area (Å²) in [6, 6.07) is 7.01. The third-order valence-corrected chi connectivity index (χ3v) is 4.59. The average molecular weight is 319 g/mol. The molecule has 3 N–H and O–H groups in total. The van der Waals surface area contributed by atoms with Gasteiger partial charge in [-0.15, -0.1) is 11.3 Å². The van der Waals surface area contributed by atoms with E-state index in [-0.39, 0.29) is 11.8 Å². The molecule has 0 fully saturated rings. The first-order chi connectivity index (χ1) is 7.61. The van der Waals surface area contributed by atoms with E-state index in [0.29, 0.717) is 15.1 Å². The van der Waals surface area contributed by atoms with Gasteiger partial charge in [0.05, 0.1) is 15.5 Å². The molecule has 5 heteroatoms. The highest BCUT2D eigenvalue weighted by Crippen LogP contribution is 2.38. The molecule has 1 heterocycles. The minimum absolute atomic E-state index is 0.105. The maximum atomic E-state index is 9.94. The Morgan fingerprint density at radius 2 is 2.12 bits per heavy atom. The zero-order valence-electron chi connectivity index (χ0n) is 8.15.